The molecule has 0 amide bonds. The minimum absolute atomic E-state index is 0.179. The molecule has 0 radical (unpaired) electrons. The number of nitro groups is 1. The number of anilines is 1. The highest BCUT2D eigenvalue weighted by Gasteiger charge is 2.21. The normalized spacial score (nSPS) is 11.7. The predicted molar refractivity (Wildman–Crippen MR) is 72.2 cm³/mol. The van der Waals surface area contributed by atoms with E-state index in [-0.39, 0.29) is 16.9 Å². The molecule has 1 rings (SSSR count). The molecule has 0 fully saturated rings. The van der Waals surface area contributed by atoms with Crippen LogP contribution in [0.15, 0.2) is 18.2 Å². The molecular formula is C13H18F2N2O3. The van der Waals surface area contributed by atoms with Crippen LogP contribution in [0.4, 0.5) is 20.2 Å². The second kappa shape index (κ2) is 6.60. The molecule has 0 aliphatic carbocycles. The topological polar surface area (TPSA) is 64.4 Å². The van der Waals surface area contributed by atoms with Gasteiger partial charge in [0.2, 0.25) is 0 Å². The molecular weight excluding hydrogens is 270 g/mol. The number of nitrogens with zero attached hydrogens (tertiary/aromatic N) is 1. The van der Waals surface area contributed by atoms with Gasteiger partial charge in [0.25, 0.3) is 12.1 Å². The van der Waals surface area contributed by atoms with Gasteiger partial charge >= 0.3 is 0 Å². The summed E-state index contributed by atoms with van der Waals surface area (Å²) < 4.78 is 31.3. The third-order valence-corrected chi connectivity index (χ3v) is 2.72. The summed E-state index contributed by atoms with van der Waals surface area (Å²) in [5, 5.41) is 13.5. The number of non-ortho nitro benzene ring substituents is 1. The number of nitrogens with one attached hydrogen (secondary N) is 1. The Labute approximate surface area is 116 Å². The van der Waals surface area contributed by atoms with Crippen molar-refractivity contribution >= 4 is 11.4 Å². The van der Waals surface area contributed by atoms with E-state index in [0.29, 0.717) is 13.2 Å². The zero-order chi connectivity index (χ0) is 15.3. The highest BCUT2D eigenvalue weighted by molar-refractivity contribution is 5.56. The fourth-order valence-corrected chi connectivity index (χ4v) is 1.76. The fraction of sp³-hybridized carbons (Fsp3) is 0.538. The molecule has 0 unspecified atom stereocenters. The molecule has 0 heterocycles. The zero-order valence-corrected chi connectivity index (χ0v) is 11.7. The van der Waals surface area contributed by atoms with Crippen molar-refractivity contribution in [3.8, 4) is 0 Å². The van der Waals surface area contributed by atoms with Crippen LogP contribution in [-0.4, -0.2) is 23.7 Å². The van der Waals surface area contributed by atoms with Gasteiger partial charge in [0.15, 0.2) is 0 Å². The molecule has 0 saturated heterocycles. The van der Waals surface area contributed by atoms with Crippen LogP contribution in [0.25, 0.3) is 0 Å². The number of benzene rings is 1. The first-order valence-corrected chi connectivity index (χ1v) is 6.21. The quantitative estimate of drug-likeness (QED) is 0.613. The molecule has 1 N–H and O–H groups in total. The number of alkyl halides is 2. The molecule has 0 atom stereocenters. The lowest BCUT2D eigenvalue weighted by atomic mass is 10.1. The second-order valence-corrected chi connectivity index (χ2v) is 4.88. The maximum atomic E-state index is 12.9. The maximum absolute atomic E-state index is 12.9. The highest BCUT2D eigenvalue weighted by atomic mass is 19.3. The Morgan fingerprint density at radius 3 is 2.60 bits per heavy atom. The summed E-state index contributed by atoms with van der Waals surface area (Å²) in [5.74, 6) is 0. The number of hydrogen-bond acceptors (Lipinski definition) is 4. The van der Waals surface area contributed by atoms with Crippen molar-refractivity contribution in [2.75, 3.05) is 18.5 Å². The van der Waals surface area contributed by atoms with Crippen LogP contribution in [0.2, 0.25) is 0 Å². The zero-order valence-electron chi connectivity index (χ0n) is 11.7. The largest absolute Gasteiger partial charge is 0.382 e. The third-order valence-electron chi connectivity index (χ3n) is 2.72. The Hall–Kier alpha value is -1.76. The fourth-order valence-electron chi connectivity index (χ4n) is 1.76. The summed E-state index contributed by atoms with van der Waals surface area (Å²) in [6, 6.07) is 3.38. The molecule has 0 aliphatic heterocycles. The lowest BCUT2D eigenvalue weighted by Gasteiger charge is -2.26. The summed E-state index contributed by atoms with van der Waals surface area (Å²) in [4.78, 5) is 9.91. The van der Waals surface area contributed by atoms with Gasteiger partial charge in [-0.3, -0.25) is 10.1 Å². The Morgan fingerprint density at radius 2 is 2.10 bits per heavy atom. The maximum Gasteiger partial charge on any atom is 0.270 e. The third kappa shape index (κ3) is 4.41. The van der Waals surface area contributed by atoms with E-state index in [4.69, 9.17) is 4.74 Å². The van der Waals surface area contributed by atoms with Gasteiger partial charge in [-0.1, -0.05) is 0 Å². The van der Waals surface area contributed by atoms with E-state index in [9.17, 15) is 18.9 Å². The van der Waals surface area contributed by atoms with Crippen molar-refractivity contribution in [2.24, 2.45) is 0 Å². The smallest absolute Gasteiger partial charge is 0.270 e. The number of hydrogen-bond donors (Lipinski definition) is 1. The number of rotatable bonds is 7. The number of ether oxygens (including phenoxy) is 1. The Bertz CT molecular complexity index is 479. The van der Waals surface area contributed by atoms with Crippen molar-refractivity contribution in [1.82, 2.24) is 0 Å². The molecule has 112 valence electrons. The van der Waals surface area contributed by atoms with Gasteiger partial charge in [-0.15, -0.1) is 0 Å². The Balaban J connectivity index is 2.92. The van der Waals surface area contributed by atoms with Crippen molar-refractivity contribution in [2.45, 2.75) is 32.8 Å². The average molecular weight is 288 g/mol. The standard InChI is InChI=1S/C13H18F2N2O3/c1-4-20-13(2,3)8-16-11-6-5-9(17(18)19)7-10(11)12(14)15/h5-7,12,16H,4,8H2,1-3H3. The van der Waals surface area contributed by atoms with E-state index >= 15 is 0 Å². The van der Waals surface area contributed by atoms with Gasteiger partial charge < -0.3 is 10.1 Å². The molecule has 0 spiro atoms. The van der Waals surface area contributed by atoms with E-state index in [2.05, 4.69) is 5.32 Å². The van der Waals surface area contributed by atoms with E-state index in [1.807, 2.05) is 20.8 Å². The van der Waals surface area contributed by atoms with Gasteiger partial charge in [-0.05, 0) is 26.8 Å². The molecule has 0 bridgehead atoms. The van der Waals surface area contributed by atoms with Crippen LogP contribution in [0.5, 0.6) is 0 Å². The predicted octanol–water partition coefficient (Wildman–Crippen LogP) is 3.76. The van der Waals surface area contributed by atoms with Gasteiger partial charge in [-0.25, -0.2) is 8.78 Å². The molecule has 0 aliphatic rings. The van der Waals surface area contributed by atoms with E-state index in [1.54, 1.807) is 0 Å². The van der Waals surface area contributed by atoms with Crippen molar-refractivity contribution in [3.05, 3.63) is 33.9 Å². The first-order chi connectivity index (χ1) is 9.26. The molecule has 20 heavy (non-hydrogen) atoms. The SMILES string of the molecule is CCOC(C)(C)CNc1ccc([N+](=O)[O-])cc1C(F)F. The highest BCUT2D eigenvalue weighted by Crippen LogP contribution is 2.31. The number of halogens is 2. The van der Waals surface area contributed by atoms with E-state index in [1.165, 1.54) is 12.1 Å². The van der Waals surface area contributed by atoms with Crippen LogP contribution in [-0.2, 0) is 4.74 Å². The van der Waals surface area contributed by atoms with E-state index < -0.39 is 16.9 Å². The Morgan fingerprint density at radius 1 is 1.45 bits per heavy atom. The Kier molecular flexibility index (Phi) is 5.38. The molecule has 1 aromatic rings. The van der Waals surface area contributed by atoms with Crippen LogP contribution in [0, 0.1) is 10.1 Å². The van der Waals surface area contributed by atoms with Crippen molar-refractivity contribution in [3.63, 3.8) is 0 Å². The second-order valence-electron chi connectivity index (χ2n) is 4.88. The summed E-state index contributed by atoms with van der Waals surface area (Å²) >= 11 is 0. The lowest BCUT2D eigenvalue weighted by Crippen LogP contribution is -2.33. The van der Waals surface area contributed by atoms with Crippen molar-refractivity contribution < 1.29 is 18.4 Å². The van der Waals surface area contributed by atoms with Crippen LogP contribution in [0.3, 0.4) is 0 Å². The van der Waals surface area contributed by atoms with Gasteiger partial charge in [0.1, 0.15) is 0 Å². The van der Waals surface area contributed by atoms with Gasteiger partial charge in [0, 0.05) is 36.5 Å². The summed E-state index contributed by atoms with van der Waals surface area (Å²) in [5.41, 5.74) is -1.07. The van der Waals surface area contributed by atoms with E-state index in [0.717, 1.165) is 6.07 Å². The van der Waals surface area contributed by atoms with Crippen LogP contribution in [0.1, 0.15) is 32.8 Å². The minimum Gasteiger partial charge on any atom is -0.382 e. The van der Waals surface area contributed by atoms with Crippen molar-refractivity contribution in [1.29, 1.82) is 0 Å². The molecule has 5 nitrogen and oxygen atoms in total. The molecule has 7 heteroatoms. The first-order valence-electron chi connectivity index (χ1n) is 6.21. The van der Waals surface area contributed by atoms with Crippen LogP contribution >= 0.6 is 0 Å². The number of nitro benzene ring substituents is 1. The average Bonchev–Trinajstić information content (AvgIpc) is 2.36. The van der Waals surface area contributed by atoms with Gasteiger partial charge in [0.05, 0.1) is 10.5 Å². The molecule has 1 aromatic carbocycles. The first kappa shape index (κ1) is 16.3. The minimum atomic E-state index is -2.78. The van der Waals surface area contributed by atoms with Crippen LogP contribution < -0.4 is 5.32 Å². The summed E-state index contributed by atoms with van der Waals surface area (Å²) in [6.07, 6.45) is -2.78. The summed E-state index contributed by atoms with van der Waals surface area (Å²) in [7, 11) is 0. The lowest BCUT2D eigenvalue weighted by molar-refractivity contribution is -0.385. The monoisotopic (exact) mass is 288 g/mol. The summed E-state index contributed by atoms with van der Waals surface area (Å²) in [6.45, 7) is 6.33. The molecule has 0 saturated carbocycles. The van der Waals surface area contributed by atoms with Gasteiger partial charge in [-0.2, -0.15) is 0 Å². The molecule has 0 aromatic heterocycles.